The molecule has 2 heterocycles. The van der Waals surface area contributed by atoms with Crippen molar-refractivity contribution in [1.82, 2.24) is 9.97 Å². The number of primary amides is 1. The second-order valence-electron chi connectivity index (χ2n) is 6.01. The smallest absolute Gasteiger partial charge is 0.241 e. The molecule has 0 aromatic carbocycles. The van der Waals surface area contributed by atoms with Crippen LogP contribution in [0.3, 0.4) is 0 Å². The van der Waals surface area contributed by atoms with Gasteiger partial charge in [0.15, 0.2) is 0 Å². The van der Waals surface area contributed by atoms with Gasteiger partial charge in [-0.2, -0.15) is 0 Å². The van der Waals surface area contributed by atoms with Gasteiger partial charge in [0.25, 0.3) is 0 Å². The fraction of sp³-hybridized carbons (Fsp3) is 0.333. The van der Waals surface area contributed by atoms with E-state index in [4.69, 9.17) is 5.73 Å². The molecular weight excluding hydrogens is 252 g/mol. The highest BCUT2D eigenvalue weighted by Crippen LogP contribution is 2.22. The number of rotatable bonds is 4. The lowest BCUT2D eigenvalue weighted by Crippen LogP contribution is -2.19. The number of nitrogens with two attached hydrogens (primary N) is 1. The fourth-order valence-corrected chi connectivity index (χ4v) is 1.80. The zero-order chi connectivity index (χ0) is 14.8. The molecule has 5 heteroatoms. The maximum atomic E-state index is 10.8. The molecule has 5 nitrogen and oxygen atoms in total. The van der Waals surface area contributed by atoms with Crippen molar-refractivity contribution in [2.45, 2.75) is 20.8 Å². The average molecular weight is 272 g/mol. The Balaban J connectivity index is 2.27. The molecule has 1 amide bonds. The summed E-state index contributed by atoms with van der Waals surface area (Å²) in [6.45, 7) is 7.37. The minimum absolute atomic E-state index is 0.196. The SMILES string of the molecule is CC(C)(C)CNc1cnc2[nH]cc(/C=C/C(N)=O)c2c1. The van der Waals surface area contributed by atoms with Crippen molar-refractivity contribution in [2.75, 3.05) is 11.9 Å². The van der Waals surface area contributed by atoms with Gasteiger partial charge in [0.05, 0.1) is 11.9 Å². The number of anilines is 1. The highest BCUT2D eigenvalue weighted by atomic mass is 16.1. The number of fused-ring (bicyclic) bond motifs is 1. The summed E-state index contributed by atoms with van der Waals surface area (Å²) in [4.78, 5) is 18.2. The zero-order valence-electron chi connectivity index (χ0n) is 12.0. The summed E-state index contributed by atoms with van der Waals surface area (Å²) in [5.74, 6) is -0.464. The molecule has 0 saturated carbocycles. The van der Waals surface area contributed by atoms with E-state index in [1.54, 1.807) is 12.3 Å². The lowest BCUT2D eigenvalue weighted by atomic mass is 9.97. The summed E-state index contributed by atoms with van der Waals surface area (Å²) < 4.78 is 0. The average Bonchev–Trinajstić information content (AvgIpc) is 2.75. The number of hydrogen-bond acceptors (Lipinski definition) is 3. The maximum Gasteiger partial charge on any atom is 0.241 e. The third kappa shape index (κ3) is 3.60. The Labute approximate surface area is 118 Å². The molecule has 0 aliphatic carbocycles. The third-order valence-electron chi connectivity index (χ3n) is 2.81. The molecule has 4 N–H and O–H groups in total. The highest BCUT2D eigenvalue weighted by Gasteiger charge is 2.10. The number of H-pyrrole nitrogens is 1. The number of pyridine rings is 1. The van der Waals surface area contributed by atoms with E-state index in [1.165, 1.54) is 6.08 Å². The van der Waals surface area contributed by atoms with Crippen LogP contribution >= 0.6 is 0 Å². The van der Waals surface area contributed by atoms with E-state index in [0.717, 1.165) is 28.8 Å². The fourth-order valence-electron chi connectivity index (χ4n) is 1.80. The van der Waals surface area contributed by atoms with Crippen LogP contribution < -0.4 is 11.1 Å². The molecule has 0 aliphatic rings. The zero-order valence-corrected chi connectivity index (χ0v) is 12.0. The molecule has 0 bridgehead atoms. The van der Waals surface area contributed by atoms with Crippen LogP contribution in [-0.2, 0) is 4.79 Å². The van der Waals surface area contributed by atoms with Gasteiger partial charge in [0, 0.05) is 29.8 Å². The summed E-state index contributed by atoms with van der Waals surface area (Å²) in [5.41, 5.74) is 7.95. The van der Waals surface area contributed by atoms with Gasteiger partial charge >= 0.3 is 0 Å². The number of hydrogen-bond donors (Lipinski definition) is 3. The summed E-state index contributed by atoms with van der Waals surface area (Å²) in [7, 11) is 0. The van der Waals surface area contributed by atoms with Crippen LogP contribution in [0.4, 0.5) is 5.69 Å². The van der Waals surface area contributed by atoms with Crippen molar-refractivity contribution in [3.05, 3.63) is 30.1 Å². The normalized spacial score (nSPS) is 12.2. The van der Waals surface area contributed by atoms with Gasteiger partial charge in [0.1, 0.15) is 5.65 Å². The third-order valence-corrected chi connectivity index (χ3v) is 2.81. The van der Waals surface area contributed by atoms with Crippen LogP contribution in [-0.4, -0.2) is 22.4 Å². The van der Waals surface area contributed by atoms with Crippen LogP contribution in [0, 0.1) is 5.41 Å². The Morgan fingerprint density at radius 2 is 2.25 bits per heavy atom. The van der Waals surface area contributed by atoms with Crippen LogP contribution in [0.2, 0.25) is 0 Å². The molecule has 20 heavy (non-hydrogen) atoms. The number of nitrogens with one attached hydrogen (secondary N) is 2. The Hall–Kier alpha value is -2.30. The van der Waals surface area contributed by atoms with Crippen molar-refractivity contribution < 1.29 is 4.79 Å². The van der Waals surface area contributed by atoms with E-state index in [1.807, 2.05) is 12.3 Å². The number of carbonyl (C=O) groups excluding carboxylic acids is 1. The lowest BCUT2D eigenvalue weighted by molar-refractivity contribution is -0.113. The summed E-state index contributed by atoms with van der Waals surface area (Å²) >= 11 is 0. The van der Waals surface area contributed by atoms with Gasteiger partial charge in [-0.15, -0.1) is 0 Å². The van der Waals surface area contributed by atoms with Gasteiger partial charge in [-0.05, 0) is 17.6 Å². The van der Waals surface area contributed by atoms with Gasteiger partial charge in [-0.1, -0.05) is 20.8 Å². The summed E-state index contributed by atoms with van der Waals surface area (Å²) in [6.07, 6.45) is 6.64. The standard InChI is InChI=1S/C15H20N4O/c1-15(2,3)9-19-11-6-12-10(4-5-13(16)20)7-17-14(12)18-8-11/h4-8,19H,9H2,1-3H3,(H2,16,20)(H,17,18)/b5-4+. The topological polar surface area (TPSA) is 83.8 Å². The summed E-state index contributed by atoms with van der Waals surface area (Å²) in [5, 5.41) is 4.33. The Morgan fingerprint density at radius 3 is 2.90 bits per heavy atom. The Bertz CT molecular complexity index is 649. The second-order valence-corrected chi connectivity index (χ2v) is 6.01. The molecule has 0 radical (unpaired) electrons. The van der Waals surface area contributed by atoms with Crippen LogP contribution in [0.1, 0.15) is 26.3 Å². The lowest BCUT2D eigenvalue weighted by Gasteiger charge is -2.19. The first kappa shape index (κ1) is 14.1. The number of amides is 1. The maximum absolute atomic E-state index is 10.8. The first-order valence-electron chi connectivity index (χ1n) is 6.54. The molecule has 2 rings (SSSR count). The number of aromatic amines is 1. The van der Waals surface area contributed by atoms with Gasteiger partial charge in [-0.3, -0.25) is 4.79 Å². The molecule has 0 unspecified atom stereocenters. The molecule has 2 aromatic heterocycles. The quantitative estimate of drug-likeness (QED) is 0.748. The first-order valence-corrected chi connectivity index (χ1v) is 6.54. The van der Waals surface area contributed by atoms with Crippen LogP contribution in [0.15, 0.2) is 24.5 Å². The molecular formula is C15H20N4O. The molecule has 0 spiro atoms. The molecule has 0 atom stereocenters. The van der Waals surface area contributed by atoms with Crippen molar-refractivity contribution in [3.63, 3.8) is 0 Å². The largest absolute Gasteiger partial charge is 0.383 e. The van der Waals surface area contributed by atoms with Gasteiger partial charge in [0.2, 0.25) is 5.91 Å². The first-order chi connectivity index (χ1) is 9.35. The van der Waals surface area contributed by atoms with E-state index in [-0.39, 0.29) is 5.41 Å². The van der Waals surface area contributed by atoms with Crippen LogP contribution in [0.5, 0.6) is 0 Å². The highest BCUT2D eigenvalue weighted by molar-refractivity contribution is 5.95. The molecule has 0 fully saturated rings. The number of aromatic nitrogens is 2. The van der Waals surface area contributed by atoms with Crippen molar-refractivity contribution in [1.29, 1.82) is 0 Å². The van der Waals surface area contributed by atoms with Crippen molar-refractivity contribution in [3.8, 4) is 0 Å². The molecule has 0 saturated heterocycles. The van der Waals surface area contributed by atoms with E-state index < -0.39 is 5.91 Å². The van der Waals surface area contributed by atoms with E-state index >= 15 is 0 Å². The minimum atomic E-state index is -0.464. The molecule has 0 aliphatic heterocycles. The van der Waals surface area contributed by atoms with E-state index in [9.17, 15) is 4.79 Å². The Morgan fingerprint density at radius 1 is 1.50 bits per heavy atom. The van der Waals surface area contributed by atoms with Crippen LogP contribution in [0.25, 0.3) is 17.1 Å². The molecule has 106 valence electrons. The van der Waals surface area contributed by atoms with Crippen molar-refractivity contribution in [2.24, 2.45) is 11.1 Å². The predicted molar refractivity (Wildman–Crippen MR) is 82.3 cm³/mol. The van der Waals surface area contributed by atoms with E-state index in [0.29, 0.717) is 0 Å². The van der Waals surface area contributed by atoms with Crippen molar-refractivity contribution >= 4 is 28.7 Å². The van der Waals surface area contributed by atoms with Gasteiger partial charge in [-0.25, -0.2) is 4.98 Å². The molecule has 2 aromatic rings. The number of nitrogens with zero attached hydrogens (tertiary/aromatic N) is 1. The monoisotopic (exact) mass is 272 g/mol. The van der Waals surface area contributed by atoms with E-state index in [2.05, 4.69) is 36.1 Å². The van der Waals surface area contributed by atoms with Gasteiger partial charge < -0.3 is 16.0 Å². The summed E-state index contributed by atoms with van der Waals surface area (Å²) in [6, 6.07) is 2.02. The Kier molecular flexibility index (Phi) is 3.79. The predicted octanol–water partition coefficient (Wildman–Crippen LogP) is 2.52. The minimum Gasteiger partial charge on any atom is -0.383 e. The second kappa shape index (κ2) is 5.36. The number of carbonyl (C=O) groups is 1.